The Kier molecular flexibility index (Phi) is 5.35. The Hall–Kier alpha value is -2.83. The minimum atomic E-state index is -0.474. The lowest BCUT2D eigenvalue weighted by atomic mass is 10.2. The van der Waals surface area contributed by atoms with E-state index in [2.05, 4.69) is 5.32 Å². The zero-order valence-corrected chi connectivity index (χ0v) is 12.9. The first-order valence-corrected chi connectivity index (χ1v) is 7.20. The van der Waals surface area contributed by atoms with Crippen LogP contribution in [0.5, 0.6) is 5.75 Å². The molecule has 7 heteroatoms. The molecule has 0 aliphatic carbocycles. The number of nitrogens with one attached hydrogen (secondary N) is 1. The van der Waals surface area contributed by atoms with Gasteiger partial charge in [-0.15, -0.1) is 0 Å². The molecule has 0 aliphatic heterocycles. The number of hydrogen-bond acceptors (Lipinski definition) is 5. The lowest BCUT2D eigenvalue weighted by Gasteiger charge is -2.05. The molecule has 1 aromatic heterocycles. The van der Waals surface area contributed by atoms with Gasteiger partial charge in [0.15, 0.2) is 5.76 Å². The molecule has 2 rings (SSSR count). The Morgan fingerprint density at radius 3 is 2.57 bits per heavy atom. The highest BCUT2D eigenvalue weighted by atomic mass is 16.6. The Morgan fingerprint density at radius 1 is 1.26 bits per heavy atom. The van der Waals surface area contributed by atoms with E-state index < -0.39 is 4.92 Å². The quantitative estimate of drug-likeness (QED) is 0.625. The molecule has 0 unspecified atom stereocenters. The summed E-state index contributed by atoms with van der Waals surface area (Å²) in [6.07, 6.45) is 0. The Morgan fingerprint density at radius 2 is 1.96 bits per heavy atom. The highest BCUT2D eigenvalue weighted by molar-refractivity contribution is 5.91. The number of amides is 1. The van der Waals surface area contributed by atoms with E-state index in [-0.39, 0.29) is 24.0 Å². The Labute approximate surface area is 133 Å². The minimum Gasteiger partial charge on any atom is -0.486 e. The molecule has 0 bridgehead atoms. The van der Waals surface area contributed by atoms with E-state index in [1.54, 1.807) is 12.1 Å². The van der Waals surface area contributed by atoms with Crippen molar-refractivity contribution in [3.05, 3.63) is 58.0 Å². The monoisotopic (exact) mass is 318 g/mol. The van der Waals surface area contributed by atoms with Crippen LogP contribution in [-0.4, -0.2) is 17.4 Å². The molecule has 1 N–H and O–H groups in total. The number of nitrogens with zero attached hydrogens (tertiary/aromatic N) is 1. The highest BCUT2D eigenvalue weighted by Gasteiger charge is 2.12. The number of hydrogen-bond donors (Lipinski definition) is 1. The van der Waals surface area contributed by atoms with Crippen molar-refractivity contribution in [3.8, 4) is 5.75 Å². The number of furan rings is 1. The molecule has 1 aromatic carbocycles. The van der Waals surface area contributed by atoms with Gasteiger partial charge in [-0.2, -0.15) is 0 Å². The normalized spacial score (nSPS) is 10.6. The van der Waals surface area contributed by atoms with Gasteiger partial charge in [0, 0.05) is 18.7 Å². The van der Waals surface area contributed by atoms with Gasteiger partial charge in [-0.1, -0.05) is 13.8 Å². The highest BCUT2D eigenvalue weighted by Crippen LogP contribution is 2.19. The van der Waals surface area contributed by atoms with E-state index in [1.165, 1.54) is 24.3 Å². The van der Waals surface area contributed by atoms with Gasteiger partial charge in [0.25, 0.3) is 11.6 Å². The summed E-state index contributed by atoms with van der Waals surface area (Å²) in [7, 11) is 0. The molecule has 0 saturated carbocycles. The van der Waals surface area contributed by atoms with Crippen molar-refractivity contribution in [1.29, 1.82) is 0 Å². The number of benzene rings is 1. The number of nitro benzene ring substituents is 1. The van der Waals surface area contributed by atoms with Crippen molar-refractivity contribution < 1.29 is 18.9 Å². The summed E-state index contributed by atoms with van der Waals surface area (Å²) in [6.45, 7) is 4.72. The smallest absolute Gasteiger partial charge is 0.287 e. The van der Waals surface area contributed by atoms with E-state index in [4.69, 9.17) is 9.15 Å². The van der Waals surface area contributed by atoms with Crippen LogP contribution in [0.1, 0.15) is 30.2 Å². The summed E-state index contributed by atoms with van der Waals surface area (Å²) in [4.78, 5) is 21.9. The molecular formula is C16H18N2O5. The zero-order chi connectivity index (χ0) is 16.8. The molecule has 23 heavy (non-hydrogen) atoms. The van der Waals surface area contributed by atoms with Gasteiger partial charge in [0.2, 0.25) is 0 Å². The van der Waals surface area contributed by atoms with Gasteiger partial charge in [0.1, 0.15) is 18.1 Å². The van der Waals surface area contributed by atoms with Gasteiger partial charge in [-0.25, -0.2) is 0 Å². The van der Waals surface area contributed by atoms with Gasteiger partial charge >= 0.3 is 0 Å². The van der Waals surface area contributed by atoms with E-state index in [0.29, 0.717) is 24.0 Å². The fraction of sp³-hybridized carbons (Fsp3) is 0.312. The van der Waals surface area contributed by atoms with Crippen molar-refractivity contribution in [2.75, 3.05) is 6.54 Å². The number of carbonyl (C=O) groups excluding carboxylic acids is 1. The van der Waals surface area contributed by atoms with E-state index in [0.717, 1.165) is 0 Å². The fourth-order valence-electron chi connectivity index (χ4n) is 1.78. The molecule has 2 aromatic rings. The first-order chi connectivity index (χ1) is 11.0. The van der Waals surface area contributed by atoms with Crippen LogP contribution < -0.4 is 10.1 Å². The van der Waals surface area contributed by atoms with E-state index in [9.17, 15) is 14.9 Å². The second-order valence-electron chi connectivity index (χ2n) is 5.41. The van der Waals surface area contributed by atoms with Gasteiger partial charge < -0.3 is 14.5 Å². The molecular weight excluding hydrogens is 300 g/mol. The standard InChI is InChI=1S/C16H18N2O5/c1-11(2)9-17-16(19)15-8-7-14(23-15)10-22-13-5-3-12(4-6-13)18(20)21/h3-8,11H,9-10H2,1-2H3,(H,17,19). The van der Waals surface area contributed by atoms with Gasteiger partial charge in [-0.05, 0) is 30.2 Å². The number of non-ortho nitro benzene ring substituents is 1. The van der Waals surface area contributed by atoms with Gasteiger partial charge in [-0.3, -0.25) is 14.9 Å². The average molecular weight is 318 g/mol. The molecule has 0 spiro atoms. The molecule has 0 fully saturated rings. The largest absolute Gasteiger partial charge is 0.486 e. The third kappa shape index (κ3) is 4.84. The molecule has 1 heterocycles. The summed E-state index contributed by atoms with van der Waals surface area (Å²) >= 11 is 0. The van der Waals surface area contributed by atoms with Crippen LogP contribution in [0.4, 0.5) is 5.69 Å². The Balaban J connectivity index is 1.89. The van der Waals surface area contributed by atoms with Crippen LogP contribution in [0.2, 0.25) is 0 Å². The first-order valence-electron chi connectivity index (χ1n) is 7.20. The predicted molar refractivity (Wildman–Crippen MR) is 83.3 cm³/mol. The molecule has 1 amide bonds. The van der Waals surface area contributed by atoms with Gasteiger partial charge in [0.05, 0.1) is 4.92 Å². The van der Waals surface area contributed by atoms with Crippen LogP contribution in [0.3, 0.4) is 0 Å². The maximum atomic E-state index is 11.8. The van der Waals surface area contributed by atoms with Crippen molar-refractivity contribution in [2.24, 2.45) is 5.92 Å². The fourth-order valence-corrected chi connectivity index (χ4v) is 1.78. The molecule has 0 saturated heterocycles. The van der Waals surface area contributed by atoms with E-state index in [1.807, 2.05) is 13.8 Å². The lowest BCUT2D eigenvalue weighted by Crippen LogP contribution is -2.26. The van der Waals surface area contributed by atoms with E-state index >= 15 is 0 Å². The predicted octanol–water partition coefficient (Wildman–Crippen LogP) is 3.15. The lowest BCUT2D eigenvalue weighted by molar-refractivity contribution is -0.384. The number of carbonyl (C=O) groups is 1. The zero-order valence-electron chi connectivity index (χ0n) is 12.9. The Bertz CT molecular complexity index is 676. The number of nitro groups is 1. The number of rotatable bonds is 7. The maximum Gasteiger partial charge on any atom is 0.287 e. The third-order valence-corrected chi connectivity index (χ3v) is 2.98. The minimum absolute atomic E-state index is 0.000501. The summed E-state index contributed by atoms with van der Waals surface area (Å²) < 4.78 is 10.9. The van der Waals surface area contributed by atoms with Crippen LogP contribution in [-0.2, 0) is 6.61 Å². The topological polar surface area (TPSA) is 94.6 Å². The van der Waals surface area contributed by atoms with Crippen molar-refractivity contribution in [2.45, 2.75) is 20.5 Å². The maximum absolute atomic E-state index is 11.8. The summed E-state index contributed by atoms with van der Waals surface area (Å²) in [5.41, 5.74) is -0.000501. The molecule has 7 nitrogen and oxygen atoms in total. The third-order valence-electron chi connectivity index (χ3n) is 2.98. The van der Waals surface area contributed by atoms with Crippen LogP contribution >= 0.6 is 0 Å². The summed E-state index contributed by atoms with van der Waals surface area (Å²) in [5.74, 6) is 1.31. The second kappa shape index (κ2) is 7.44. The second-order valence-corrected chi connectivity index (χ2v) is 5.41. The van der Waals surface area contributed by atoms with Crippen LogP contribution in [0.15, 0.2) is 40.8 Å². The van der Waals surface area contributed by atoms with Crippen molar-refractivity contribution in [1.82, 2.24) is 5.32 Å². The first kappa shape index (κ1) is 16.5. The summed E-state index contributed by atoms with van der Waals surface area (Å²) in [5, 5.41) is 13.3. The molecule has 0 atom stereocenters. The molecule has 122 valence electrons. The van der Waals surface area contributed by atoms with Crippen molar-refractivity contribution >= 4 is 11.6 Å². The van der Waals surface area contributed by atoms with Crippen LogP contribution in [0, 0.1) is 16.0 Å². The SMILES string of the molecule is CC(C)CNC(=O)c1ccc(COc2ccc([N+](=O)[O-])cc2)o1. The van der Waals surface area contributed by atoms with Crippen molar-refractivity contribution in [3.63, 3.8) is 0 Å². The molecule has 0 aliphatic rings. The number of ether oxygens (including phenoxy) is 1. The molecule has 0 radical (unpaired) electrons. The summed E-state index contributed by atoms with van der Waals surface area (Å²) in [6, 6.07) is 9.00. The van der Waals surface area contributed by atoms with Crippen LogP contribution in [0.25, 0.3) is 0 Å². The average Bonchev–Trinajstić information content (AvgIpc) is 3.00.